The summed E-state index contributed by atoms with van der Waals surface area (Å²) in [5.74, 6) is 0. The van der Waals surface area contributed by atoms with Crippen LogP contribution in [0.1, 0.15) is 19.0 Å². The van der Waals surface area contributed by atoms with E-state index in [2.05, 4.69) is 34.3 Å². The van der Waals surface area contributed by atoms with Crippen molar-refractivity contribution in [2.45, 2.75) is 20.0 Å². The van der Waals surface area contributed by atoms with Gasteiger partial charge in [0.15, 0.2) is 0 Å². The molecule has 0 aliphatic carbocycles. The van der Waals surface area contributed by atoms with Gasteiger partial charge in [-0.3, -0.25) is 4.98 Å². The molecular formula is C14H14N2OS. The Morgan fingerprint density at radius 1 is 1.44 bits per heavy atom. The van der Waals surface area contributed by atoms with Gasteiger partial charge in [0.05, 0.1) is 23.1 Å². The Morgan fingerprint density at radius 2 is 2.33 bits per heavy atom. The number of pyridine rings is 1. The van der Waals surface area contributed by atoms with E-state index in [4.69, 9.17) is 4.74 Å². The zero-order valence-corrected chi connectivity index (χ0v) is 11.0. The lowest BCUT2D eigenvalue weighted by Gasteiger charge is -2.05. The lowest BCUT2D eigenvalue weighted by Crippen LogP contribution is -1.96. The smallest absolute Gasteiger partial charge is 0.0888 e. The second-order valence-electron chi connectivity index (χ2n) is 3.93. The number of ether oxygens (including phenoxy) is 1. The van der Waals surface area contributed by atoms with Crippen molar-refractivity contribution in [2.24, 2.45) is 4.99 Å². The van der Waals surface area contributed by atoms with Crippen molar-refractivity contribution in [1.82, 2.24) is 4.98 Å². The van der Waals surface area contributed by atoms with Gasteiger partial charge in [-0.1, -0.05) is 19.1 Å². The first-order valence-electron chi connectivity index (χ1n) is 5.88. The SMILES string of the molecule is CCCOCc1cc2c(N=C=S)cccc2cn1. The zero-order chi connectivity index (χ0) is 12.8. The van der Waals surface area contributed by atoms with Crippen LogP contribution in [0.3, 0.4) is 0 Å². The molecule has 3 nitrogen and oxygen atoms in total. The number of benzene rings is 1. The summed E-state index contributed by atoms with van der Waals surface area (Å²) in [5, 5.41) is 4.47. The van der Waals surface area contributed by atoms with Crippen molar-refractivity contribution in [1.29, 1.82) is 0 Å². The molecule has 0 amide bonds. The molecule has 2 rings (SSSR count). The van der Waals surface area contributed by atoms with E-state index in [0.29, 0.717) is 6.61 Å². The molecule has 92 valence electrons. The van der Waals surface area contributed by atoms with Crippen LogP contribution >= 0.6 is 12.2 Å². The highest BCUT2D eigenvalue weighted by molar-refractivity contribution is 7.78. The second-order valence-corrected chi connectivity index (χ2v) is 4.11. The maximum absolute atomic E-state index is 5.49. The number of aromatic nitrogens is 1. The van der Waals surface area contributed by atoms with Crippen molar-refractivity contribution < 1.29 is 4.74 Å². The normalized spacial score (nSPS) is 10.3. The van der Waals surface area contributed by atoms with E-state index in [-0.39, 0.29) is 0 Å². The fraction of sp³-hybridized carbons (Fsp3) is 0.286. The van der Waals surface area contributed by atoms with Crippen LogP contribution in [0.2, 0.25) is 0 Å². The summed E-state index contributed by atoms with van der Waals surface area (Å²) in [4.78, 5) is 8.44. The summed E-state index contributed by atoms with van der Waals surface area (Å²) >= 11 is 4.66. The summed E-state index contributed by atoms with van der Waals surface area (Å²) in [6.45, 7) is 3.36. The first-order chi connectivity index (χ1) is 8.85. The molecule has 0 bridgehead atoms. The summed E-state index contributed by atoms with van der Waals surface area (Å²) < 4.78 is 5.49. The van der Waals surface area contributed by atoms with Gasteiger partial charge in [-0.15, -0.1) is 0 Å². The maximum atomic E-state index is 5.49. The molecule has 0 spiro atoms. The predicted octanol–water partition coefficient (Wildman–Crippen LogP) is 3.90. The van der Waals surface area contributed by atoms with Crippen molar-refractivity contribution >= 4 is 33.8 Å². The van der Waals surface area contributed by atoms with E-state index in [1.807, 2.05) is 30.5 Å². The Morgan fingerprint density at radius 3 is 3.11 bits per heavy atom. The van der Waals surface area contributed by atoms with E-state index in [1.165, 1.54) is 0 Å². The third-order valence-corrected chi connectivity index (χ3v) is 2.65. The molecule has 0 aliphatic rings. The largest absolute Gasteiger partial charge is 0.375 e. The van der Waals surface area contributed by atoms with Crippen molar-refractivity contribution in [3.63, 3.8) is 0 Å². The Balaban J connectivity index is 2.35. The minimum Gasteiger partial charge on any atom is -0.375 e. The average molecular weight is 258 g/mol. The molecule has 0 saturated heterocycles. The first kappa shape index (κ1) is 12.8. The van der Waals surface area contributed by atoms with Crippen molar-refractivity contribution in [3.8, 4) is 0 Å². The Kier molecular flexibility index (Phi) is 4.53. The zero-order valence-electron chi connectivity index (χ0n) is 10.2. The predicted molar refractivity (Wildman–Crippen MR) is 76.4 cm³/mol. The van der Waals surface area contributed by atoms with Crippen molar-refractivity contribution in [3.05, 3.63) is 36.2 Å². The number of hydrogen-bond acceptors (Lipinski definition) is 4. The number of thiocarbonyl (C=S) groups is 1. The minimum atomic E-state index is 0.527. The van der Waals surface area contributed by atoms with E-state index >= 15 is 0 Å². The highest BCUT2D eigenvalue weighted by atomic mass is 32.1. The molecule has 0 saturated carbocycles. The molecule has 0 fully saturated rings. The van der Waals surface area contributed by atoms with Gasteiger partial charge >= 0.3 is 0 Å². The van der Waals surface area contributed by atoms with Gasteiger partial charge in [0.1, 0.15) is 0 Å². The quantitative estimate of drug-likeness (QED) is 0.463. The van der Waals surface area contributed by atoms with Gasteiger partial charge < -0.3 is 4.74 Å². The number of fused-ring (bicyclic) bond motifs is 1. The monoisotopic (exact) mass is 258 g/mol. The number of rotatable bonds is 5. The topological polar surface area (TPSA) is 34.5 Å². The Bertz CT molecular complexity index is 591. The number of hydrogen-bond donors (Lipinski definition) is 0. The lowest BCUT2D eigenvalue weighted by molar-refractivity contribution is 0.119. The summed E-state index contributed by atoms with van der Waals surface area (Å²) in [6.07, 6.45) is 2.84. The van der Waals surface area contributed by atoms with E-state index in [1.54, 1.807) is 0 Å². The van der Waals surface area contributed by atoms with Gasteiger partial charge in [-0.25, -0.2) is 0 Å². The summed E-state index contributed by atoms with van der Waals surface area (Å²) in [7, 11) is 0. The molecule has 18 heavy (non-hydrogen) atoms. The van der Waals surface area contributed by atoms with Gasteiger partial charge in [0, 0.05) is 23.6 Å². The Labute approximate surface area is 112 Å². The Hall–Kier alpha value is -1.61. The first-order valence-corrected chi connectivity index (χ1v) is 6.29. The molecule has 1 aromatic carbocycles. The van der Waals surface area contributed by atoms with E-state index < -0.39 is 0 Å². The van der Waals surface area contributed by atoms with E-state index in [9.17, 15) is 0 Å². The fourth-order valence-corrected chi connectivity index (χ4v) is 1.84. The van der Waals surface area contributed by atoms with Crippen LogP contribution in [0.5, 0.6) is 0 Å². The molecule has 0 radical (unpaired) electrons. The van der Waals surface area contributed by atoms with Crippen LogP contribution in [-0.2, 0) is 11.3 Å². The van der Waals surface area contributed by atoms with Crippen LogP contribution in [0.15, 0.2) is 35.5 Å². The minimum absolute atomic E-state index is 0.527. The summed E-state index contributed by atoms with van der Waals surface area (Å²) in [6, 6.07) is 7.85. The molecule has 0 unspecified atom stereocenters. The van der Waals surface area contributed by atoms with Crippen LogP contribution in [0.25, 0.3) is 10.8 Å². The lowest BCUT2D eigenvalue weighted by atomic mass is 10.1. The average Bonchev–Trinajstić information content (AvgIpc) is 2.40. The molecule has 0 aliphatic heterocycles. The van der Waals surface area contributed by atoms with Gasteiger partial charge in [-0.05, 0) is 30.8 Å². The fourth-order valence-electron chi connectivity index (χ4n) is 1.74. The van der Waals surface area contributed by atoms with Crippen LogP contribution in [0, 0.1) is 0 Å². The standard InChI is InChI=1S/C14H14N2OS/c1-2-6-17-9-12-7-13-11(8-15-12)4-3-5-14(13)16-10-18/h3-5,7-8H,2,6,9H2,1H3. The van der Waals surface area contributed by atoms with Gasteiger partial charge in [0.2, 0.25) is 0 Å². The molecule has 1 aromatic heterocycles. The van der Waals surface area contributed by atoms with Crippen molar-refractivity contribution in [2.75, 3.05) is 6.61 Å². The van der Waals surface area contributed by atoms with Crippen LogP contribution in [-0.4, -0.2) is 16.8 Å². The third-order valence-electron chi connectivity index (χ3n) is 2.56. The molecule has 0 atom stereocenters. The number of nitrogens with zero attached hydrogens (tertiary/aromatic N) is 2. The second kappa shape index (κ2) is 6.36. The molecule has 2 aromatic rings. The third kappa shape index (κ3) is 2.99. The van der Waals surface area contributed by atoms with Gasteiger partial charge in [-0.2, -0.15) is 4.99 Å². The molecular weight excluding hydrogens is 244 g/mol. The van der Waals surface area contributed by atoms with Crippen LogP contribution in [0.4, 0.5) is 5.69 Å². The number of aliphatic imine (C=N–C) groups is 1. The highest BCUT2D eigenvalue weighted by Crippen LogP contribution is 2.25. The highest BCUT2D eigenvalue weighted by Gasteiger charge is 2.02. The van der Waals surface area contributed by atoms with E-state index in [0.717, 1.165) is 35.2 Å². The summed E-state index contributed by atoms with van der Waals surface area (Å²) in [5.41, 5.74) is 1.73. The number of isothiocyanates is 1. The molecule has 4 heteroatoms. The maximum Gasteiger partial charge on any atom is 0.0888 e. The molecule has 1 heterocycles. The van der Waals surface area contributed by atoms with Crippen LogP contribution < -0.4 is 0 Å². The van der Waals surface area contributed by atoms with Gasteiger partial charge in [0.25, 0.3) is 0 Å². The molecule has 0 N–H and O–H groups in total.